The van der Waals surface area contributed by atoms with Gasteiger partial charge in [0.25, 0.3) is 0 Å². The van der Waals surface area contributed by atoms with E-state index in [0.717, 1.165) is 5.56 Å². The van der Waals surface area contributed by atoms with E-state index in [2.05, 4.69) is 0 Å². The number of rotatable bonds is 2. The lowest BCUT2D eigenvalue weighted by Gasteiger charge is -2.22. The number of carbonyl (C=O) groups excluding carboxylic acids is 1. The first-order valence-electron chi connectivity index (χ1n) is 4.60. The van der Waals surface area contributed by atoms with Gasteiger partial charge in [0.05, 0.1) is 12.5 Å². The second kappa shape index (κ2) is 3.80. The summed E-state index contributed by atoms with van der Waals surface area (Å²) in [6, 6.07) is 7.60. The van der Waals surface area contributed by atoms with Gasteiger partial charge in [-0.1, -0.05) is 18.2 Å². The van der Waals surface area contributed by atoms with E-state index < -0.39 is 0 Å². The third-order valence-corrected chi connectivity index (χ3v) is 2.35. The maximum Gasteiger partial charge on any atom is 0.317 e. The van der Waals surface area contributed by atoms with Gasteiger partial charge in [-0.05, 0) is 18.1 Å². The fourth-order valence-corrected chi connectivity index (χ4v) is 1.64. The lowest BCUT2D eigenvalue weighted by atomic mass is 9.97. The van der Waals surface area contributed by atoms with E-state index in [0.29, 0.717) is 18.8 Å². The van der Waals surface area contributed by atoms with E-state index in [1.165, 1.54) is 0 Å². The van der Waals surface area contributed by atoms with Crippen LogP contribution in [0.3, 0.4) is 0 Å². The molecule has 0 fully saturated rings. The van der Waals surface area contributed by atoms with Gasteiger partial charge in [0.2, 0.25) is 0 Å². The molecule has 0 aliphatic carbocycles. The highest BCUT2D eigenvalue weighted by atomic mass is 16.5. The highest BCUT2D eigenvalue weighted by Gasteiger charge is 2.27. The number of esters is 1. The van der Waals surface area contributed by atoms with Crippen molar-refractivity contribution >= 4 is 5.97 Å². The zero-order valence-electron chi connectivity index (χ0n) is 8.03. The molecule has 14 heavy (non-hydrogen) atoms. The molecule has 74 valence electrons. The third kappa shape index (κ3) is 1.63. The normalized spacial score (nSPS) is 20.1. The van der Waals surface area contributed by atoms with E-state index in [1.807, 2.05) is 24.3 Å². The smallest absolute Gasteiger partial charge is 0.317 e. The molecule has 1 aliphatic rings. The van der Waals surface area contributed by atoms with Gasteiger partial charge in [0.1, 0.15) is 5.75 Å². The number of carbonyl (C=O) groups is 1. The second-order valence-corrected chi connectivity index (χ2v) is 3.39. The van der Waals surface area contributed by atoms with Gasteiger partial charge in [-0.3, -0.25) is 4.79 Å². The predicted octanol–water partition coefficient (Wildman–Crippen LogP) is 1.41. The van der Waals surface area contributed by atoms with Gasteiger partial charge >= 0.3 is 5.97 Å². The Labute approximate surface area is 82.6 Å². The van der Waals surface area contributed by atoms with Crippen molar-refractivity contribution < 1.29 is 14.3 Å². The molecular formula is C11H12O3. The first kappa shape index (κ1) is 9.21. The van der Waals surface area contributed by atoms with Crippen LogP contribution in [0.5, 0.6) is 5.75 Å². The summed E-state index contributed by atoms with van der Waals surface area (Å²) in [5.41, 5.74) is 1.08. The summed E-state index contributed by atoms with van der Waals surface area (Å²) in [6.07, 6.45) is 0.711. The number of benzene rings is 1. The van der Waals surface area contributed by atoms with Crippen LogP contribution in [0.4, 0.5) is 0 Å². The number of hydrogen-bond acceptors (Lipinski definition) is 3. The standard InChI is InChI=1S/C11H12O3/c1-13-7-9-6-8-4-2-3-5-10(8)14-11(9)12/h2-5,9H,6-7H2,1H3/t9-/m0/s1. The van der Waals surface area contributed by atoms with Gasteiger partial charge < -0.3 is 9.47 Å². The minimum Gasteiger partial charge on any atom is -0.426 e. The zero-order chi connectivity index (χ0) is 9.97. The maximum atomic E-state index is 11.4. The number of para-hydroxylation sites is 1. The van der Waals surface area contributed by atoms with Crippen molar-refractivity contribution in [3.63, 3.8) is 0 Å². The Kier molecular flexibility index (Phi) is 2.50. The molecule has 0 saturated heterocycles. The summed E-state index contributed by atoms with van der Waals surface area (Å²) in [7, 11) is 1.59. The van der Waals surface area contributed by atoms with Crippen molar-refractivity contribution in [1.82, 2.24) is 0 Å². The lowest BCUT2D eigenvalue weighted by Crippen LogP contribution is -2.30. The second-order valence-electron chi connectivity index (χ2n) is 3.39. The Bertz CT molecular complexity index is 346. The van der Waals surface area contributed by atoms with Crippen molar-refractivity contribution in [1.29, 1.82) is 0 Å². The largest absolute Gasteiger partial charge is 0.426 e. The van der Waals surface area contributed by atoms with Crippen LogP contribution in [-0.4, -0.2) is 19.7 Å². The van der Waals surface area contributed by atoms with Crippen molar-refractivity contribution in [3.05, 3.63) is 29.8 Å². The van der Waals surface area contributed by atoms with Crippen LogP contribution < -0.4 is 4.74 Å². The molecule has 0 N–H and O–H groups in total. The summed E-state index contributed by atoms with van der Waals surface area (Å²) in [6.45, 7) is 0.424. The fraction of sp³-hybridized carbons (Fsp3) is 0.364. The first-order valence-corrected chi connectivity index (χ1v) is 4.60. The van der Waals surface area contributed by atoms with E-state index in [4.69, 9.17) is 9.47 Å². The highest BCUT2D eigenvalue weighted by Crippen LogP contribution is 2.27. The van der Waals surface area contributed by atoms with Crippen LogP contribution in [-0.2, 0) is 16.0 Å². The van der Waals surface area contributed by atoms with Crippen LogP contribution in [0.1, 0.15) is 5.56 Å². The molecule has 0 saturated carbocycles. The average Bonchev–Trinajstić information content (AvgIpc) is 2.19. The Morgan fingerprint density at radius 3 is 3.07 bits per heavy atom. The molecule has 3 nitrogen and oxygen atoms in total. The monoisotopic (exact) mass is 192 g/mol. The highest BCUT2D eigenvalue weighted by molar-refractivity contribution is 5.78. The van der Waals surface area contributed by atoms with E-state index in [9.17, 15) is 4.79 Å². The molecule has 0 bridgehead atoms. The number of ether oxygens (including phenoxy) is 2. The molecule has 0 amide bonds. The van der Waals surface area contributed by atoms with Crippen LogP contribution in [0.2, 0.25) is 0 Å². The molecule has 0 radical (unpaired) electrons. The molecule has 0 aromatic heterocycles. The topological polar surface area (TPSA) is 35.5 Å². The number of fused-ring (bicyclic) bond motifs is 1. The fourth-order valence-electron chi connectivity index (χ4n) is 1.64. The van der Waals surface area contributed by atoms with Gasteiger partial charge in [-0.25, -0.2) is 0 Å². The molecule has 0 spiro atoms. The molecule has 2 rings (SSSR count). The maximum absolute atomic E-state index is 11.4. The van der Waals surface area contributed by atoms with Gasteiger partial charge in [-0.15, -0.1) is 0 Å². The Balaban J connectivity index is 2.22. The number of methoxy groups -OCH3 is 1. The summed E-state index contributed by atoms with van der Waals surface area (Å²) in [5, 5.41) is 0. The van der Waals surface area contributed by atoms with E-state index in [1.54, 1.807) is 7.11 Å². The van der Waals surface area contributed by atoms with Crippen LogP contribution >= 0.6 is 0 Å². The van der Waals surface area contributed by atoms with E-state index >= 15 is 0 Å². The van der Waals surface area contributed by atoms with Crippen molar-refractivity contribution in [3.8, 4) is 5.75 Å². The minimum atomic E-state index is -0.189. The Morgan fingerprint density at radius 2 is 2.29 bits per heavy atom. The van der Waals surface area contributed by atoms with Crippen molar-refractivity contribution in [2.24, 2.45) is 5.92 Å². The molecule has 0 unspecified atom stereocenters. The molecule has 1 aliphatic heterocycles. The molecule has 1 aromatic carbocycles. The van der Waals surface area contributed by atoms with Gasteiger partial charge in [0.15, 0.2) is 0 Å². The average molecular weight is 192 g/mol. The van der Waals surface area contributed by atoms with Crippen molar-refractivity contribution in [2.75, 3.05) is 13.7 Å². The summed E-state index contributed by atoms with van der Waals surface area (Å²) in [5.74, 6) is 0.338. The van der Waals surface area contributed by atoms with Crippen LogP contribution in [0.15, 0.2) is 24.3 Å². The van der Waals surface area contributed by atoms with Crippen molar-refractivity contribution in [2.45, 2.75) is 6.42 Å². The minimum absolute atomic E-state index is 0.158. The molecule has 1 heterocycles. The summed E-state index contributed by atoms with van der Waals surface area (Å²) >= 11 is 0. The Hall–Kier alpha value is -1.35. The lowest BCUT2D eigenvalue weighted by molar-refractivity contribution is -0.141. The van der Waals surface area contributed by atoms with Gasteiger partial charge in [-0.2, -0.15) is 0 Å². The molecule has 1 atom stereocenters. The first-order chi connectivity index (χ1) is 6.81. The summed E-state index contributed by atoms with van der Waals surface area (Å²) < 4.78 is 10.1. The SMILES string of the molecule is COC[C@@H]1Cc2ccccc2OC1=O. The quantitative estimate of drug-likeness (QED) is 0.525. The summed E-state index contributed by atoms with van der Waals surface area (Å²) in [4.78, 5) is 11.4. The third-order valence-electron chi connectivity index (χ3n) is 2.35. The van der Waals surface area contributed by atoms with Crippen LogP contribution in [0, 0.1) is 5.92 Å². The zero-order valence-corrected chi connectivity index (χ0v) is 8.03. The van der Waals surface area contributed by atoms with E-state index in [-0.39, 0.29) is 11.9 Å². The predicted molar refractivity (Wildman–Crippen MR) is 51.1 cm³/mol. The molecule has 1 aromatic rings. The molecule has 3 heteroatoms. The van der Waals surface area contributed by atoms with Crippen LogP contribution in [0.25, 0.3) is 0 Å². The number of hydrogen-bond donors (Lipinski definition) is 0. The Morgan fingerprint density at radius 1 is 1.50 bits per heavy atom. The van der Waals surface area contributed by atoms with Gasteiger partial charge in [0, 0.05) is 7.11 Å². The molecular weight excluding hydrogens is 180 g/mol.